The number of imidazole rings is 1. The largest absolute Gasteiger partial charge is 0.399 e. The molecule has 7 heteroatoms. The molecule has 0 aliphatic carbocycles. The van der Waals surface area contributed by atoms with Crippen molar-refractivity contribution in [2.45, 2.75) is 17.2 Å². The minimum Gasteiger partial charge on any atom is -0.399 e. The normalized spacial score (nSPS) is 11.1. The third-order valence-electron chi connectivity index (χ3n) is 2.25. The second-order valence-electron chi connectivity index (χ2n) is 3.62. The van der Waals surface area contributed by atoms with Crippen LogP contribution in [0.4, 0.5) is 5.69 Å². The molecule has 4 N–H and O–H groups in total. The number of aryl methyl sites for hydroxylation is 1. The van der Waals surface area contributed by atoms with E-state index in [9.17, 15) is 0 Å². The quantitative estimate of drug-likeness (QED) is 0.598. The minimum absolute atomic E-state index is 0.648. The first-order chi connectivity index (χ1) is 8.20. The van der Waals surface area contributed by atoms with Crippen LogP contribution in [0.25, 0.3) is 11.0 Å². The molecule has 3 rings (SSSR count). The van der Waals surface area contributed by atoms with E-state index in [4.69, 9.17) is 5.73 Å². The number of nitrogens with two attached hydrogens (primary N) is 1. The first kappa shape index (κ1) is 10.2. The fourth-order valence-electron chi connectivity index (χ4n) is 1.51. The fraction of sp³-hybridized carbons (Fsp3) is 0.100. The topological polar surface area (TPSA) is 96.3 Å². The van der Waals surface area contributed by atoms with Crippen molar-refractivity contribution < 1.29 is 0 Å². The first-order valence-corrected chi connectivity index (χ1v) is 5.84. The van der Waals surface area contributed by atoms with Gasteiger partial charge in [0, 0.05) is 5.69 Å². The molecule has 0 saturated carbocycles. The van der Waals surface area contributed by atoms with Crippen molar-refractivity contribution >= 4 is 28.5 Å². The average molecular weight is 246 g/mol. The van der Waals surface area contributed by atoms with Crippen molar-refractivity contribution in [3.8, 4) is 0 Å². The lowest BCUT2D eigenvalue weighted by Gasteiger charge is -1.89. The molecule has 0 aliphatic heterocycles. The molecule has 0 fully saturated rings. The van der Waals surface area contributed by atoms with E-state index in [0.29, 0.717) is 10.8 Å². The Labute approximate surface area is 101 Å². The number of hydrogen-bond acceptors (Lipinski definition) is 5. The Balaban J connectivity index is 1.95. The number of fused-ring (bicyclic) bond motifs is 1. The molecule has 2 aromatic heterocycles. The second kappa shape index (κ2) is 3.77. The van der Waals surface area contributed by atoms with Crippen LogP contribution in [0.1, 0.15) is 5.82 Å². The summed E-state index contributed by atoms with van der Waals surface area (Å²) < 4.78 is 0. The predicted molar refractivity (Wildman–Crippen MR) is 65.7 cm³/mol. The van der Waals surface area contributed by atoms with E-state index in [1.54, 1.807) is 0 Å². The molecular formula is C10H10N6S. The number of rotatable bonds is 2. The first-order valence-electron chi connectivity index (χ1n) is 5.03. The van der Waals surface area contributed by atoms with Gasteiger partial charge < -0.3 is 10.7 Å². The summed E-state index contributed by atoms with van der Waals surface area (Å²) in [5.41, 5.74) is 8.22. The highest BCUT2D eigenvalue weighted by molar-refractivity contribution is 7.99. The summed E-state index contributed by atoms with van der Waals surface area (Å²) in [6.07, 6.45) is 0. The maximum Gasteiger partial charge on any atom is 0.216 e. The number of nitrogen functional groups attached to an aromatic ring is 1. The smallest absolute Gasteiger partial charge is 0.216 e. The lowest BCUT2D eigenvalue weighted by Crippen LogP contribution is -1.82. The van der Waals surface area contributed by atoms with E-state index in [-0.39, 0.29) is 0 Å². The highest BCUT2D eigenvalue weighted by atomic mass is 32.2. The van der Waals surface area contributed by atoms with Crippen molar-refractivity contribution in [1.29, 1.82) is 0 Å². The van der Waals surface area contributed by atoms with Crippen LogP contribution in [0.2, 0.25) is 0 Å². The van der Waals surface area contributed by atoms with Gasteiger partial charge in [-0.1, -0.05) is 0 Å². The molecule has 1 aromatic carbocycles. The van der Waals surface area contributed by atoms with Gasteiger partial charge in [-0.2, -0.15) is 0 Å². The predicted octanol–water partition coefficient (Wildman–Crippen LogP) is 1.72. The molecule has 17 heavy (non-hydrogen) atoms. The highest BCUT2D eigenvalue weighted by Crippen LogP contribution is 2.25. The van der Waals surface area contributed by atoms with Crippen molar-refractivity contribution in [3.63, 3.8) is 0 Å². The number of nitrogens with one attached hydrogen (secondary N) is 2. The maximum absolute atomic E-state index is 5.70. The lowest BCUT2D eigenvalue weighted by molar-refractivity contribution is 0.959. The van der Waals surface area contributed by atoms with E-state index in [0.717, 1.165) is 22.0 Å². The second-order valence-corrected chi connectivity index (χ2v) is 4.58. The summed E-state index contributed by atoms with van der Waals surface area (Å²) in [5.74, 6) is 0.785. The molecule has 0 radical (unpaired) electrons. The minimum atomic E-state index is 0.648. The molecule has 0 atom stereocenters. The van der Waals surface area contributed by atoms with Crippen LogP contribution in [0.3, 0.4) is 0 Å². The average Bonchev–Trinajstić information content (AvgIpc) is 2.84. The van der Waals surface area contributed by atoms with Crippen LogP contribution >= 0.6 is 11.8 Å². The van der Waals surface area contributed by atoms with E-state index in [1.165, 1.54) is 11.8 Å². The van der Waals surface area contributed by atoms with Crippen LogP contribution < -0.4 is 5.73 Å². The van der Waals surface area contributed by atoms with Crippen LogP contribution in [0, 0.1) is 6.92 Å². The van der Waals surface area contributed by atoms with Gasteiger partial charge in [0.15, 0.2) is 5.16 Å². The van der Waals surface area contributed by atoms with Crippen molar-refractivity contribution in [1.82, 2.24) is 25.1 Å². The maximum atomic E-state index is 5.70. The molecule has 86 valence electrons. The number of anilines is 1. The molecule has 0 aliphatic rings. The van der Waals surface area contributed by atoms with Crippen LogP contribution in [-0.4, -0.2) is 25.1 Å². The molecule has 3 aromatic rings. The number of hydrogen-bond donors (Lipinski definition) is 3. The van der Waals surface area contributed by atoms with Crippen molar-refractivity contribution in [2.75, 3.05) is 5.73 Å². The zero-order valence-corrected chi connectivity index (χ0v) is 9.88. The fourth-order valence-corrected chi connectivity index (χ4v) is 2.26. The van der Waals surface area contributed by atoms with Crippen molar-refractivity contribution in [3.05, 3.63) is 24.0 Å². The van der Waals surface area contributed by atoms with Gasteiger partial charge in [0.2, 0.25) is 5.16 Å². The molecule has 0 unspecified atom stereocenters. The summed E-state index contributed by atoms with van der Waals surface area (Å²) >= 11 is 1.38. The molecule has 0 bridgehead atoms. The Kier molecular flexibility index (Phi) is 2.25. The summed E-state index contributed by atoms with van der Waals surface area (Å²) in [6, 6.07) is 5.57. The van der Waals surface area contributed by atoms with Gasteiger partial charge in [-0.05, 0) is 36.9 Å². The third-order valence-corrected chi connectivity index (χ3v) is 3.00. The van der Waals surface area contributed by atoms with Gasteiger partial charge in [0.05, 0.1) is 11.0 Å². The molecule has 0 saturated heterocycles. The Hall–Kier alpha value is -2.02. The molecule has 0 amide bonds. The van der Waals surface area contributed by atoms with Gasteiger partial charge >= 0.3 is 0 Å². The van der Waals surface area contributed by atoms with Crippen LogP contribution in [0.15, 0.2) is 28.5 Å². The summed E-state index contributed by atoms with van der Waals surface area (Å²) in [7, 11) is 0. The number of aromatic amines is 2. The third kappa shape index (κ3) is 1.96. The number of H-pyrrole nitrogens is 2. The summed E-state index contributed by atoms with van der Waals surface area (Å²) in [5, 5.41) is 8.23. The van der Waals surface area contributed by atoms with Gasteiger partial charge in [-0.15, -0.1) is 5.10 Å². The lowest BCUT2D eigenvalue weighted by atomic mass is 10.3. The monoisotopic (exact) mass is 246 g/mol. The SMILES string of the molecule is Cc1nc(Sc2nc3ccc(N)cc3[nH]2)n[nH]1. The molecule has 6 nitrogen and oxygen atoms in total. The zero-order chi connectivity index (χ0) is 11.8. The summed E-state index contributed by atoms with van der Waals surface area (Å²) in [6.45, 7) is 1.86. The van der Waals surface area contributed by atoms with Gasteiger partial charge in [-0.25, -0.2) is 9.97 Å². The van der Waals surface area contributed by atoms with Gasteiger partial charge in [0.25, 0.3) is 0 Å². The van der Waals surface area contributed by atoms with Crippen LogP contribution in [0.5, 0.6) is 0 Å². The Morgan fingerprint density at radius 2 is 2.18 bits per heavy atom. The Morgan fingerprint density at radius 3 is 2.94 bits per heavy atom. The van der Waals surface area contributed by atoms with Crippen molar-refractivity contribution in [2.24, 2.45) is 0 Å². The number of aromatic nitrogens is 5. The van der Waals surface area contributed by atoms with E-state index >= 15 is 0 Å². The molecular weight excluding hydrogens is 236 g/mol. The Morgan fingerprint density at radius 1 is 1.29 bits per heavy atom. The molecule has 2 heterocycles. The van der Waals surface area contributed by atoms with E-state index in [2.05, 4.69) is 25.1 Å². The number of benzene rings is 1. The van der Waals surface area contributed by atoms with E-state index in [1.807, 2.05) is 25.1 Å². The standard InChI is InChI=1S/C10H10N6S/c1-5-12-10(16-15-5)17-9-13-7-3-2-6(11)4-8(7)14-9/h2-4H,11H2,1H3,(H,13,14)(H,12,15,16). The van der Waals surface area contributed by atoms with Gasteiger partial charge in [-0.3, -0.25) is 5.10 Å². The van der Waals surface area contributed by atoms with E-state index < -0.39 is 0 Å². The van der Waals surface area contributed by atoms with Crippen LogP contribution in [-0.2, 0) is 0 Å². The zero-order valence-electron chi connectivity index (χ0n) is 9.06. The number of nitrogens with zero attached hydrogens (tertiary/aromatic N) is 3. The Bertz CT molecular complexity index is 670. The summed E-state index contributed by atoms with van der Waals surface area (Å²) in [4.78, 5) is 11.8. The highest BCUT2D eigenvalue weighted by Gasteiger charge is 2.07. The van der Waals surface area contributed by atoms with Gasteiger partial charge in [0.1, 0.15) is 5.82 Å². The molecule has 0 spiro atoms.